The van der Waals surface area contributed by atoms with E-state index in [2.05, 4.69) is 291 Å². The van der Waals surface area contributed by atoms with Crippen LogP contribution in [0.4, 0.5) is 34.1 Å². The summed E-state index contributed by atoms with van der Waals surface area (Å²) in [5.41, 5.74) is 23.6. The van der Waals surface area contributed by atoms with Crippen molar-refractivity contribution in [2.24, 2.45) is 0 Å². The Bertz CT molecular complexity index is 4970. The van der Waals surface area contributed by atoms with E-state index in [1.54, 1.807) is 0 Å². The quantitative estimate of drug-likeness (QED) is 0.159. The van der Waals surface area contributed by atoms with Gasteiger partial charge < -0.3 is 14.2 Å². The second kappa shape index (κ2) is 19.3. The maximum atomic E-state index is 7.18. The van der Waals surface area contributed by atoms with Crippen molar-refractivity contribution >= 4 is 99.2 Å². The first-order valence-electron chi connectivity index (χ1n) is 31.9. The van der Waals surface area contributed by atoms with Crippen molar-refractivity contribution in [2.45, 2.75) is 129 Å². The lowest BCUT2D eigenvalue weighted by atomic mass is 9.80. The van der Waals surface area contributed by atoms with E-state index in [9.17, 15) is 0 Å². The molecule has 0 saturated heterocycles. The predicted octanol–water partition coefficient (Wildman–Crippen LogP) is 24.4. The van der Waals surface area contributed by atoms with Gasteiger partial charge in [-0.25, -0.2) is 0 Å². The predicted molar refractivity (Wildman–Crippen MR) is 371 cm³/mol. The van der Waals surface area contributed by atoms with Crippen LogP contribution < -0.4 is 9.80 Å². The van der Waals surface area contributed by atoms with Crippen LogP contribution in [0.15, 0.2) is 217 Å². The highest BCUT2D eigenvalue weighted by molar-refractivity contribution is 6.15. The van der Waals surface area contributed by atoms with Gasteiger partial charge in [0.25, 0.3) is 0 Å². The topological polar surface area (TPSA) is 19.6 Å². The van der Waals surface area contributed by atoms with Crippen molar-refractivity contribution in [1.29, 1.82) is 0 Å². The minimum absolute atomic E-state index is 0.0296. The van der Waals surface area contributed by atoms with Crippen LogP contribution in [0.5, 0.6) is 0 Å². The number of furan rings is 1. The molecular formula is C84H76N2O. The monoisotopic (exact) mass is 1130 g/mol. The van der Waals surface area contributed by atoms with Gasteiger partial charge in [-0.05, 0) is 225 Å². The Hall–Kier alpha value is -8.92. The maximum Gasteiger partial charge on any atom is 0.136 e. The molecular weight excluding hydrogens is 1050 g/mol. The van der Waals surface area contributed by atoms with Crippen molar-refractivity contribution < 1.29 is 4.42 Å². The summed E-state index contributed by atoms with van der Waals surface area (Å²) < 4.78 is 7.18. The van der Waals surface area contributed by atoms with E-state index in [0.717, 1.165) is 44.4 Å². The van der Waals surface area contributed by atoms with Gasteiger partial charge in [0, 0.05) is 50.0 Å². The Kier molecular flexibility index (Phi) is 11.9. The van der Waals surface area contributed by atoms with Crippen LogP contribution in [0.1, 0.15) is 146 Å². The summed E-state index contributed by atoms with van der Waals surface area (Å²) in [6, 6.07) is 81.6. The number of anilines is 6. The zero-order valence-electron chi connectivity index (χ0n) is 52.1. The minimum Gasteiger partial charge on any atom is -0.456 e. The first-order chi connectivity index (χ1) is 41.9. The van der Waals surface area contributed by atoms with Crippen LogP contribution in [0, 0.1) is 0 Å². The first-order valence-corrected chi connectivity index (χ1v) is 31.9. The molecule has 16 rings (SSSR count). The fourth-order valence-electron chi connectivity index (χ4n) is 15.9. The average Bonchev–Trinajstić information content (AvgIpc) is 1.92. The SMILES string of the molecule is CC(C)(C)c1ccc(N(c2ccc3c(c2)C(C)(C)c2ccc4ccccc4c2-3)c2ccc3cc4c(cc3c2)oc2cc3c(C5CCCCC5)c(N(c5ccc(C(C)(C)C)cc5)c5ccc6c(c5)C(C)(C)c5ccc7ccccc7c5-6)ccc3cc24)cc1. The molecule has 1 saturated carbocycles. The molecule has 87 heavy (non-hydrogen) atoms. The fraction of sp³-hybridized carbons (Fsp3) is 0.238. The number of hydrogen-bond acceptors (Lipinski definition) is 3. The van der Waals surface area contributed by atoms with Crippen LogP contribution in [0.25, 0.3) is 87.3 Å². The molecule has 3 aliphatic carbocycles. The molecule has 3 nitrogen and oxygen atoms in total. The lowest BCUT2D eigenvalue weighted by Gasteiger charge is -2.34. The van der Waals surface area contributed by atoms with E-state index < -0.39 is 0 Å². The van der Waals surface area contributed by atoms with Crippen molar-refractivity contribution in [3.8, 4) is 22.3 Å². The first kappa shape index (κ1) is 53.5. The summed E-state index contributed by atoms with van der Waals surface area (Å²) in [6.07, 6.45) is 6.08. The van der Waals surface area contributed by atoms with Gasteiger partial charge >= 0.3 is 0 Å². The Morgan fingerprint density at radius 1 is 0.356 bits per heavy atom. The van der Waals surface area contributed by atoms with E-state index in [0.29, 0.717) is 5.92 Å². The van der Waals surface area contributed by atoms with Crippen LogP contribution in [0.3, 0.4) is 0 Å². The molecule has 1 aromatic heterocycles. The number of nitrogens with zero attached hydrogens (tertiary/aromatic N) is 2. The van der Waals surface area contributed by atoms with Crippen LogP contribution in [-0.4, -0.2) is 0 Å². The van der Waals surface area contributed by atoms with Gasteiger partial charge in [0.2, 0.25) is 0 Å². The molecule has 0 aliphatic heterocycles. The normalized spacial score (nSPS) is 15.4. The Balaban J connectivity index is 0.842. The van der Waals surface area contributed by atoms with E-state index >= 15 is 0 Å². The second-order valence-corrected chi connectivity index (χ2v) is 28.8. The van der Waals surface area contributed by atoms with E-state index in [1.807, 2.05) is 0 Å². The number of rotatable bonds is 7. The summed E-state index contributed by atoms with van der Waals surface area (Å²) in [7, 11) is 0. The lowest BCUT2D eigenvalue weighted by Crippen LogP contribution is -2.18. The van der Waals surface area contributed by atoms with Gasteiger partial charge in [-0.2, -0.15) is 0 Å². The molecule has 13 aromatic rings. The number of fused-ring (bicyclic) bond motifs is 15. The van der Waals surface area contributed by atoms with Gasteiger partial charge in [-0.1, -0.05) is 210 Å². The molecule has 428 valence electrons. The third kappa shape index (κ3) is 8.43. The van der Waals surface area contributed by atoms with Crippen molar-refractivity contribution in [1.82, 2.24) is 0 Å². The van der Waals surface area contributed by atoms with Crippen LogP contribution in [-0.2, 0) is 21.7 Å². The molecule has 3 aliphatic rings. The van der Waals surface area contributed by atoms with Gasteiger partial charge in [0.15, 0.2) is 0 Å². The molecule has 0 atom stereocenters. The largest absolute Gasteiger partial charge is 0.456 e. The van der Waals surface area contributed by atoms with Gasteiger partial charge in [0.1, 0.15) is 11.2 Å². The molecule has 1 fully saturated rings. The summed E-state index contributed by atoms with van der Waals surface area (Å²) in [4.78, 5) is 5.04. The Morgan fingerprint density at radius 2 is 0.816 bits per heavy atom. The van der Waals surface area contributed by atoms with Gasteiger partial charge in [-0.15, -0.1) is 0 Å². The molecule has 3 heteroatoms. The molecule has 12 aromatic carbocycles. The molecule has 0 N–H and O–H groups in total. The summed E-state index contributed by atoms with van der Waals surface area (Å²) >= 11 is 0. The van der Waals surface area contributed by atoms with E-state index in [4.69, 9.17) is 4.42 Å². The highest BCUT2D eigenvalue weighted by Gasteiger charge is 2.39. The molecule has 0 spiro atoms. The van der Waals surface area contributed by atoms with Crippen molar-refractivity contribution in [3.05, 3.63) is 251 Å². The molecule has 1 heterocycles. The highest BCUT2D eigenvalue weighted by atomic mass is 16.3. The lowest BCUT2D eigenvalue weighted by molar-refractivity contribution is 0.446. The zero-order chi connectivity index (χ0) is 59.5. The summed E-state index contributed by atoms with van der Waals surface area (Å²) in [5, 5.41) is 12.4. The van der Waals surface area contributed by atoms with Gasteiger partial charge in [-0.3, -0.25) is 0 Å². The maximum absolute atomic E-state index is 7.18. The van der Waals surface area contributed by atoms with Crippen LogP contribution >= 0.6 is 0 Å². The third-order valence-electron chi connectivity index (χ3n) is 20.7. The summed E-state index contributed by atoms with van der Waals surface area (Å²) in [6.45, 7) is 23.4. The fourth-order valence-corrected chi connectivity index (χ4v) is 15.9. The number of benzene rings is 12. The average molecular weight is 1130 g/mol. The molecule has 0 unspecified atom stereocenters. The summed E-state index contributed by atoms with van der Waals surface area (Å²) in [5.74, 6) is 0.401. The Morgan fingerprint density at radius 3 is 1.38 bits per heavy atom. The minimum atomic E-state index is -0.178. The van der Waals surface area contributed by atoms with E-state index in [-0.39, 0.29) is 21.7 Å². The van der Waals surface area contributed by atoms with E-state index in [1.165, 1.54) is 148 Å². The smallest absolute Gasteiger partial charge is 0.136 e. The van der Waals surface area contributed by atoms with Gasteiger partial charge in [0.05, 0.1) is 5.69 Å². The standard InChI is InChI=1S/C84H76N2O/c1-81(2,3)57-28-33-59(34-29-57)85(62-37-39-66-73(48-62)83(7,8)71-41-25-51-18-14-16-22-64(51)79(66)71)61-32-24-54-45-69-70-46-55-27-43-75(78(53-20-12-11-13-21-53)68(55)50-77(70)87-76(69)47-56(54)44-61)86(60-35-30-58(31-36-60)82(4,5)6)63-38-40-67-74(49-63)84(9,10)72-42-26-52-19-15-17-23-65(52)80(67)72/h14-19,22-50,53H,11-13,20-21H2,1-10H3. The van der Waals surface area contributed by atoms with Crippen molar-refractivity contribution in [2.75, 3.05) is 9.80 Å². The number of hydrogen-bond donors (Lipinski definition) is 0. The van der Waals surface area contributed by atoms with Crippen molar-refractivity contribution in [3.63, 3.8) is 0 Å². The third-order valence-corrected chi connectivity index (χ3v) is 20.7. The van der Waals surface area contributed by atoms with Crippen LogP contribution in [0.2, 0.25) is 0 Å². The Labute approximate surface area is 512 Å². The second-order valence-electron chi connectivity index (χ2n) is 28.8. The highest BCUT2D eigenvalue weighted by Crippen LogP contribution is 2.56. The molecule has 0 bridgehead atoms. The molecule has 0 radical (unpaired) electrons. The zero-order valence-corrected chi connectivity index (χ0v) is 52.1. The molecule has 0 amide bonds.